The summed E-state index contributed by atoms with van der Waals surface area (Å²) in [5, 5.41) is 11.7. The number of benzene rings is 2. The molecule has 0 unspecified atom stereocenters. The van der Waals surface area contributed by atoms with Crippen molar-refractivity contribution in [2.45, 2.75) is 58.2 Å². The minimum atomic E-state index is -1.90. The van der Waals surface area contributed by atoms with Crippen LogP contribution in [0.3, 0.4) is 0 Å². The summed E-state index contributed by atoms with van der Waals surface area (Å²) in [7, 11) is 1.23. The number of phenolic OH excluding ortho intramolecular Hbond substituents is 1. The maximum Gasteiger partial charge on any atom is 0.188 e. The van der Waals surface area contributed by atoms with Crippen molar-refractivity contribution in [3.63, 3.8) is 0 Å². The van der Waals surface area contributed by atoms with Crippen molar-refractivity contribution >= 4 is 13.3 Å². The highest BCUT2D eigenvalue weighted by Gasteiger charge is 2.44. The molecule has 2 rings (SSSR count). The Labute approximate surface area is 200 Å². The molecule has 0 amide bonds. The molecule has 0 saturated heterocycles. The normalized spacial score (nSPS) is 11.8. The van der Waals surface area contributed by atoms with E-state index in [9.17, 15) is 5.11 Å². The van der Waals surface area contributed by atoms with Gasteiger partial charge in [0.05, 0.1) is 8.07 Å². The minimum absolute atomic E-state index is 0.00154. The highest BCUT2D eigenvalue weighted by atomic mass is 28.3. The summed E-state index contributed by atoms with van der Waals surface area (Å²) in [6.07, 6.45) is 5.69. The van der Waals surface area contributed by atoms with Crippen molar-refractivity contribution in [3.05, 3.63) is 35.9 Å². The van der Waals surface area contributed by atoms with Gasteiger partial charge in [0.2, 0.25) is 0 Å². The predicted molar refractivity (Wildman–Crippen MR) is 137 cm³/mol. The number of phenols is 1. The fourth-order valence-corrected chi connectivity index (χ4v) is 12.2. The second kappa shape index (κ2) is 11.6. The average Bonchev–Trinajstić information content (AvgIpc) is 2.76. The SMILES string of the molecule is C#Cc1c(O)ccc(-c2ccc([Si](C(C)C)(C(C)C)C(C)C)cc2OCOC)c1OCOC. The van der Waals surface area contributed by atoms with E-state index in [4.69, 9.17) is 25.4 Å². The van der Waals surface area contributed by atoms with Crippen LogP contribution < -0.4 is 14.7 Å². The van der Waals surface area contributed by atoms with E-state index in [2.05, 4.69) is 65.7 Å². The Hall–Kier alpha value is -2.46. The molecule has 6 heteroatoms. The molecule has 0 spiro atoms. The lowest BCUT2D eigenvalue weighted by atomic mass is 10.00. The Morgan fingerprint density at radius 3 is 1.91 bits per heavy atom. The van der Waals surface area contributed by atoms with Crippen LogP contribution in [-0.4, -0.2) is 41.0 Å². The minimum Gasteiger partial charge on any atom is -0.507 e. The number of aromatic hydroxyl groups is 1. The first-order valence-corrected chi connectivity index (χ1v) is 13.6. The van der Waals surface area contributed by atoms with Crippen molar-refractivity contribution in [2.24, 2.45) is 0 Å². The van der Waals surface area contributed by atoms with Gasteiger partial charge in [-0.05, 0) is 34.8 Å². The summed E-state index contributed by atoms with van der Waals surface area (Å²) >= 11 is 0. The van der Waals surface area contributed by atoms with Gasteiger partial charge in [-0.1, -0.05) is 64.8 Å². The van der Waals surface area contributed by atoms with E-state index >= 15 is 0 Å². The van der Waals surface area contributed by atoms with Crippen LogP contribution in [0.4, 0.5) is 0 Å². The van der Waals surface area contributed by atoms with E-state index in [1.54, 1.807) is 19.2 Å². The molecule has 0 atom stereocenters. The van der Waals surface area contributed by atoms with Gasteiger partial charge in [-0.2, -0.15) is 0 Å². The van der Waals surface area contributed by atoms with Crippen LogP contribution in [0.1, 0.15) is 47.1 Å². The van der Waals surface area contributed by atoms with Crippen molar-refractivity contribution in [3.8, 4) is 40.7 Å². The zero-order chi connectivity index (χ0) is 24.8. The molecule has 0 saturated carbocycles. The third kappa shape index (κ3) is 5.21. The molecule has 0 aromatic heterocycles. The quantitative estimate of drug-likeness (QED) is 0.252. The Morgan fingerprint density at radius 2 is 1.39 bits per heavy atom. The van der Waals surface area contributed by atoms with Gasteiger partial charge in [0.1, 0.15) is 22.8 Å². The van der Waals surface area contributed by atoms with Crippen molar-refractivity contribution in [1.82, 2.24) is 0 Å². The molecular weight excluding hydrogens is 432 g/mol. The van der Waals surface area contributed by atoms with Gasteiger partial charge >= 0.3 is 0 Å². The lowest BCUT2D eigenvalue weighted by Gasteiger charge is -2.44. The maximum absolute atomic E-state index is 10.3. The third-order valence-corrected chi connectivity index (χ3v) is 13.6. The molecule has 0 aliphatic heterocycles. The Bertz CT molecular complexity index is 953. The molecule has 0 aliphatic rings. The van der Waals surface area contributed by atoms with Crippen LogP contribution >= 0.6 is 0 Å². The predicted octanol–water partition coefficient (Wildman–Crippen LogP) is 5.89. The number of methoxy groups -OCH3 is 2. The fourth-order valence-electron chi connectivity index (χ4n) is 5.45. The van der Waals surface area contributed by atoms with E-state index < -0.39 is 8.07 Å². The van der Waals surface area contributed by atoms with Crippen LogP contribution in [0.2, 0.25) is 16.6 Å². The summed E-state index contributed by atoms with van der Waals surface area (Å²) in [5.41, 5.74) is 3.49. The monoisotopic (exact) mass is 470 g/mol. The summed E-state index contributed by atoms with van der Waals surface area (Å²) in [6.45, 7) is 14.2. The van der Waals surface area contributed by atoms with Crippen LogP contribution in [0.5, 0.6) is 17.2 Å². The van der Waals surface area contributed by atoms with Crippen LogP contribution in [0, 0.1) is 12.3 Å². The second-order valence-electron chi connectivity index (χ2n) is 9.19. The number of terminal acetylenes is 1. The lowest BCUT2D eigenvalue weighted by Crippen LogP contribution is -2.55. The van der Waals surface area contributed by atoms with Crippen LogP contribution in [0.15, 0.2) is 30.3 Å². The molecule has 0 fully saturated rings. The highest BCUT2D eigenvalue weighted by molar-refractivity contribution is 6.95. The van der Waals surface area contributed by atoms with Gasteiger partial charge in [-0.15, -0.1) is 6.42 Å². The van der Waals surface area contributed by atoms with E-state index in [0.717, 1.165) is 11.1 Å². The van der Waals surface area contributed by atoms with Gasteiger partial charge in [0.15, 0.2) is 13.6 Å². The summed E-state index contributed by atoms with van der Waals surface area (Å²) in [5.74, 6) is 3.60. The first-order valence-electron chi connectivity index (χ1n) is 11.4. The Balaban J connectivity index is 2.81. The van der Waals surface area contributed by atoms with E-state index in [1.807, 2.05) is 0 Å². The number of rotatable bonds is 11. The van der Waals surface area contributed by atoms with E-state index in [1.165, 1.54) is 12.3 Å². The average molecular weight is 471 g/mol. The van der Waals surface area contributed by atoms with Gasteiger partial charge in [0, 0.05) is 25.3 Å². The van der Waals surface area contributed by atoms with E-state index in [0.29, 0.717) is 28.1 Å². The van der Waals surface area contributed by atoms with E-state index in [-0.39, 0.29) is 24.9 Å². The molecule has 5 nitrogen and oxygen atoms in total. The second-order valence-corrected chi connectivity index (χ2v) is 15.1. The number of hydrogen-bond acceptors (Lipinski definition) is 5. The van der Waals surface area contributed by atoms with Gasteiger partial charge in [-0.3, -0.25) is 0 Å². The fraction of sp³-hybridized carbons (Fsp3) is 0.481. The molecule has 180 valence electrons. The maximum atomic E-state index is 10.3. The third-order valence-electron chi connectivity index (χ3n) is 6.57. The zero-order valence-corrected chi connectivity index (χ0v) is 22.2. The first-order chi connectivity index (χ1) is 15.7. The van der Waals surface area contributed by atoms with Gasteiger partial charge < -0.3 is 24.1 Å². The molecule has 33 heavy (non-hydrogen) atoms. The molecular formula is C27H38O5Si. The molecule has 0 radical (unpaired) electrons. The summed E-state index contributed by atoms with van der Waals surface area (Å²) in [4.78, 5) is 0. The summed E-state index contributed by atoms with van der Waals surface area (Å²) < 4.78 is 22.2. The van der Waals surface area contributed by atoms with Crippen molar-refractivity contribution in [1.29, 1.82) is 0 Å². The standard InChI is InChI=1S/C27H38O5Si/c1-10-22-25(28)14-13-24(27(22)32-17-30-9)23-12-11-21(15-26(23)31-16-29-8)33(18(2)3,19(4)5)20(6)7/h1,11-15,18-20,28H,16-17H2,2-9H3. The lowest BCUT2D eigenvalue weighted by molar-refractivity contribution is 0.0499. The van der Waals surface area contributed by atoms with Crippen LogP contribution in [0.25, 0.3) is 11.1 Å². The summed E-state index contributed by atoms with van der Waals surface area (Å²) in [6, 6.07) is 9.83. The Kier molecular flexibility index (Phi) is 9.42. The molecule has 2 aromatic carbocycles. The highest BCUT2D eigenvalue weighted by Crippen LogP contribution is 2.44. The molecule has 2 aromatic rings. The Morgan fingerprint density at radius 1 is 0.848 bits per heavy atom. The number of ether oxygens (including phenoxy) is 4. The van der Waals surface area contributed by atoms with Gasteiger partial charge in [0.25, 0.3) is 0 Å². The first kappa shape index (κ1) is 26.8. The molecule has 1 N–H and O–H groups in total. The van der Waals surface area contributed by atoms with Crippen molar-refractivity contribution in [2.75, 3.05) is 27.8 Å². The molecule has 0 heterocycles. The van der Waals surface area contributed by atoms with Crippen LogP contribution in [-0.2, 0) is 9.47 Å². The topological polar surface area (TPSA) is 57.2 Å². The smallest absolute Gasteiger partial charge is 0.188 e. The molecule has 0 aliphatic carbocycles. The zero-order valence-electron chi connectivity index (χ0n) is 21.2. The largest absolute Gasteiger partial charge is 0.507 e. The van der Waals surface area contributed by atoms with Gasteiger partial charge in [-0.25, -0.2) is 0 Å². The van der Waals surface area contributed by atoms with Crippen molar-refractivity contribution < 1.29 is 24.1 Å². The molecule has 0 bridgehead atoms. The number of hydrogen-bond donors (Lipinski definition) is 1.